The quantitative estimate of drug-likeness (QED) is 0.160. The summed E-state index contributed by atoms with van der Waals surface area (Å²) in [5.41, 5.74) is 3.75. The van der Waals surface area contributed by atoms with Crippen molar-refractivity contribution in [3.05, 3.63) is 129 Å². The van der Waals surface area contributed by atoms with Gasteiger partial charge < -0.3 is 14.6 Å². The van der Waals surface area contributed by atoms with Crippen LogP contribution in [0.15, 0.2) is 106 Å². The number of alkyl halides is 1. The molecule has 0 bridgehead atoms. The van der Waals surface area contributed by atoms with Crippen molar-refractivity contribution in [3.63, 3.8) is 0 Å². The van der Waals surface area contributed by atoms with E-state index >= 15 is 0 Å². The number of methoxy groups -OCH3 is 2. The first-order chi connectivity index (χ1) is 22.2. The number of halogens is 3. The highest BCUT2D eigenvalue weighted by molar-refractivity contribution is 9.11. The standard InChI is InChI=1S/C17H14BrFN2O2.C17H15BrN2O3/c1-23-17(22)12-7-5-11(6-8-12)15(19)10-21-9-13-14(18)3-2-4-16(13)20-21;1-23-17(22)12-7-5-11(6-8-12)16(21)10-20-9-13-14(18)3-2-4-15(13)19-20/h2-9,15H,10H2,1H3;2-9,16,21H,10H2,1H3. The van der Waals surface area contributed by atoms with E-state index in [9.17, 15) is 19.1 Å². The molecule has 0 fully saturated rings. The Morgan fingerprint density at radius 2 is 1.15 bits per heavy atom. The number of hydrogen-bond donors (Lipinski definition) is 1. The number of benzene rings is 4. The third kappa shape index (κ3) is 7.69. The minimum Gasteiger partial charge on any atom is -0.465 e. The molecule has 0 radical (unpaired) electrons. The van der Waals surface area contributed by atoms with E-state index in [1.807, 2.05) is 48.8 Å². The van der Waals surface area contributed by atoms with Crippen LogP contribution in [-0.4, -0.2) is 50.8 Å². The summed E-state index contributed by atoms with van der Waals surface area (Å²) in [5.74, 6) is -0.829. The van der Waals surface area contributed by atoms with Gasteiger partial charge in [0.2, 0.25) is 0 Å². The molecule has 0 saturated carbocycles. The van der Waals surface area contributed by atoms with E-state index < -0.39 is 24.2 Å². The van der Waals surface area contributed by atoms with Crippen LogP contribution in [-0.2, 0) is 22.6 Å². The van der Waals surface area contributed by atoms with Crippen LogP contribution in [0.1, 0.15) is 44.1 Å². The molecule has 4 aromatic carbocycles. The Morgan fingerprint density at radius 1 is 0.717 bits per heavy atom. The molecular formula is C34H29Br2FN4O5. The van der Waals surface area contributed by atoms with Crippen molar-refractivity contribution in [1.82, 2.24) is 19.6 Å². The van der Waals surface area contributed by atoms with Gasteiger partial charge in [-0.2, -0.15) is 10.2 Å². The summed E-state index contributed by atoms with van der Waals surface area (Å²) in [4.78, 5) is 22.8. The molecule has 0 aliphatic heterocycles. The predicted molar refractivity (Wildman–Crippen MR) is 179 cm³/mol. The van der Waals surface area contributed by atoms with Gasteiger partial charge in [0, 0.05) is 32.1 Å². The number of ether oxygens (including phenoxy) is 2. The third-order valence-electron chi connectivity index (χ3n) is 7.21. The summed E-state index contributed by atoms with van der Waals surface area (Å²) in [7, 11) is 2.65. The largest absolute Gasteiger partial charge is 0.465 e. The Balaban J connectivity index is 0.000000181. The molecule has 2 unspecified atom stereocenters. The fourth-order valence-electron chi connectivity index (χ4n) is 4.76. The van der Waals surface area contributed by atoms with Crippen molar-refractivity contribution in [3.8, 4) is 0 Å². The number of carbonyl (C=O) groups is 2. The molecule has 0 aliphatic rings. The van der Waals surface area contributed by atoms with Gasteiger partial charge in [0.25, 0.3) is 0 Å². The van der Waals surface area contributed by atoms with Crippen molar-refractivity contribution in [2.24, 2.45) is 0 Å². The summed E-state index contributed by atoms with van der Waals surface area (Å²) >= 11 is 6.95. The molecule has 12 heteroatoms. The van der Waals surface area contributed by atoms with Gasteiger partial charge in [0.1, 0.15) is 6.17 Å². The molecule has 6 aromatic rings. The molecule has 0 saturated heterocycles. The minimum atomic E-state index is -1.21. The number of rotatable bonds is 8. The fourth-order valence-corrected chi connectivity index (χ4v) is 5.67. The first kappa shape index (κ1) is 33.0. The highest BCUT2D eigenvalue weighted by Gasteiger charge is 2.15. The van der Waals surface area contributed by atoms with Crippen molar-refractivity contribution in [1.29, 1.82) is 0 Å². The maximum absolute atomic E-state index is 14.5. The Morgan fingerprint density at radius 3 is 1.59 bits per heavy atom. The van der Waals surface area contributed by atoms with Gasteiger partial charge in [-0.05, 0) is 59.7 Å². The molecule has 2 aromatic heterocycles. The molecule has 2 atom stereocenters. The molecule has 1 N–H and O–H groups in total. The average Bonchev–Trinajstić information content (AvgIpc) is 3.69. The van der Waals surface area contributed by atoms with E-state index in [0.717, 1.165) is 36.3 Å². The monoisotopic (exact) mass is 750 g/mol. The van der Waals surface area contributed by atoms with Gasteiger partial charge in [0.05, 0.1) is 55.6 Å². The van der Waals surface area contributed by atoms with Gasteiger partial charge in [-0.25, -0.2) is 14.0 Å². The van der Waals surface area contributed by atoms with Crippen LogP contribution in [0, 0.1) is 0 Å². The second-order valence-electron chi connectivity index (χ2n) is 10.3. The zero-order chi connectivity index (χ0) is 32.8. The van der Waals surface area contributed by atoms with Crippen molar-refractivity contribution in [2.75, 3.05) is 14.2 Å². The van der Waals surface area contributed by atoms with Crippen LogP contribution in [0.5, 0.6) is 0 Å². The minimum absolute atomic E-state index is 0.110. The SMILES string of the molecule is COC(=O)c1ccc(C(F)Cn2cc3c(Br)cccc3n2)cc1.COC(=O)c1ccc(C(O)Cn2cc3c(Br)cccc3n2)cc1. The molecule has 6 rings (SSSR count). The van der Waals surface area contributed by atoms with Gasteiger partial charge in [-0.3, -0.25) is 9.36 Å². The number of aliphatic hydroxyl groups excluding tert-OH is 1. The number of aliphatic hydroxyl groups is 1. The van der Waals surface area contributed by atoms with E-state index in [2.05, 4.69) is 51.5 Å². The smallest absolute Gasteiger partial charge is 0.337 e. The molecule has 236 valence electrons. The summed E-state index contributed by atoms with van der Waals surface area (Å²) < 4.78 is 29.0. The summed E-state index contributed by atoms with van der Waals surface area (Å²) in [6.45, 7) is 0.442. The van der Waals surface area contributed by atoms with Crippen LogP contribution in [0.2, 0.25) is 0 Å². The Labute approximate surface area is 280 Å². The maximum Gasteiger partial charge on any atom is 0.337 e. The Hall–Kier alpha value is -4.39. The lowest BCUT2D eigenvalue weighted by molar-refractivity contribution is 0.0591. The molecule has 0 spiro atoms. The molecule has 9 nitrogen and oxygen atoms in total. The second kappa shape index (κ2) is 14.8. The van der Waals surface area contributed by atoms with Crippen LogP contribution < -0.4 is 0 Å². The zero-order valence-electron chi connectivity index (χ0n) is 24.8. The van der Waals surface area contributed by atoms with E-state index in [1.165, 1.54) is 14.2 Å². The normalized spacial score (nSPS) is 12.3. The van der Waals surface area contributed by atoms with Crippen LogP contribution >= 0.6 is 31.9 Å². The van der Waals surface area contributed by atoms with Crippen LogP contribution in [0.25, 0.3) is 21.8 Å². The van der Waals surface area contributed by atoms with Gasteiger partial charge in [-0.15, -0.1) is 0 Å². The lowest BCUT2D eigenvalue weighted by atomic mass is 10.1. The number of nitrogens with zero attached hydrogens (tertiary/aromatic N) is 4. The summed E-state index contributed by atoms with van der Waals surface area (Å²) in [6, 6.07) is 24.5. The van der Waals surface area contributed by atoms with Gasteiger partial charge in [0.15, 0.2) is 0 Å². The number of hydrogen-bond acceptors (Lipinski definition) is 7. The van der Waals surface area contributed by atoms with E-state index in [1.54, 1.807) is 57.9 Å². The van der Waals surface area contributed by atoms with Crippen molar-refractivity contribution < 1.29 is 28.6 Å². The molecule has 0 amide bonds. The van der Waals surface area contributed by atoms with Gasteiger partial charge in [-0.1, -0.05) is 68.3 Å². The van der Waals surface area contributed by atoms with Crippen molar-refractivity contribution in [2.45, 2.75) is 25.4 Å². The Kier molecular flexibility index (Phi) is 10.6. The lowest BCUT2D eigenvalue weighted by Gasteiger charge is -2.11. The summed E-state index contributed by atoms with van der Waals surface area (Å²) in [6.07, 6.45) is 1.78. The lowest BCUT2D eigenvalue weighted by Crippen LogP contribution is -2.09. The first-order valence-electron chi connectivity index (χ1n) is 14.1. The van der Waals surface area contributed by atoms with Crippen LogP contribution in [0.4, 0.5) is 4.39 Å². The number of esters is 2. The van der Waals surface area contributed by atoms with Gasteiger partial charge >= 0.3 is 11.9 Å². The van der Waals surface area contributed by atoms with E-state index in [0.29, 0.717) is 23.2 Å². The number of fused-ring (bicyclic) bond motifs is 2. The Bertz CT molecular complexity index is 1830. The highest BCUT2D eigenvalue weighted by atomic mass is 79.9. The van der Waals surface area contributed by atoms with Crippen LogP contribution in [0.3, 0.4) is 0 Å². The number of aromatic nitrogens is 4. The van der Waals surface area contributed by atoms with E-state index in [4.69, 9.17) is 0 Å². The molecular weight excluding hydrogens is 723 g/mol. The fraction of sp³-hybridized carbons (Fsp3) is 0.176. The maximum atomic E-state index is 14.5. The second-order valence-corrected chi connectivity index (χ2v) is 12.0. The zero-order valence-corrected chi connectivity index (χ0v) is 28.0. The highest BCUT2D eigenvalue weighted by Crippen LogP contribution is 2.26. The molecule has 0 aliphatic carbocycles. The topological polar surface area (TPSA) is 108 Å². The summed E-state index contributed by atoms with van der Waals surface area (Å²) in [5, 5.41) is 21.1. The third-order valence-corrected chi connectivity index (χ3v) is 8.59. The average molecular weight is 752 g/mol. The molecule has 2 heterocycles. The number of carbonyl (C=O) groups excluding carboxylic acids is 2. The van der Waals surface area contributed by atoms with E-state index in [-0.39, 0.29) is 6.54 Å². The molecule has 46 heavy (non-hydrogen) atoms. The predicted octanol–water partition coefficient (Wildman–Crippen LogP) is 7.62. The van der Waals surface area contributed by atoms with Crippen molar-refractivity contribution >= 4 is 65.6 Å². The first-order valence-corrected chi connectivity index (χ1v) is 15.7.